The van der Waals surface area contributed by atoms with Gasteiger partial charge in [0.2, 0.25) is 0 Å². The molecule has 0 unspecified atom stereocenters. The lowest BCUT2D eigenvalue weighted by molar-refractivity contribution is 0.415. The summed E-state index contributed by atoms with van der Waals surface area (Å²) in [6, 6.07) is 9.24. The van der Waals surface area contributed by atoms with Gasteiger partial charge < -0.3 is 4.74 Å². The lowest BCUT2D eigenvalue weighted by Crippen LogP contribution is -1.85. The Hall–Kier alpha value is -2.40. The van der Waals surface area contributed by atoms with Crippen LogP contribution in [0.3, 0.4) is 0 Å². The number of fused-ring (bicyclic) bond motifs is 1. The molecular weight excluding hydrogens is 300 g/mol. The van der Waals surface area contributed by atoms with E-state index in [0.717, 1.165) is 16.9 Å². The number of imidazole rings is 1. The first kappa shape index (κ1) is 14.5. The number of rotatable bonds is 3. The average molecular weight is 315 g/mol. The van der Waals surface area contributed by atoms with E-state index in [1.54, 1.807) is 25.3 Å². The highest BCUT2D eigenvalue weighted by Crippen LogP contribution is 2.31. The normalized spacial score (nSPS) is 11.5. The largest absolute Gasteiger partial charge is 0.497 e. The molecule has 6 heteroatoms. The number of halogens is 1. The number of hydrogen-bond acceptors (Lipinski definition) is 4. The van der Waals surface area contributed by atoms with E-state index < -0.39 is 0 Å². The second kappa shape index (κ2) is 5.77. The Balaban J connectivity index is 2.07. The van der Waals surface area contributed by atoms with Gasteiger partial charge >= 0.3 is 0 Å². The summed E-state index contributed by atoms with van der Waals surface area (Å²) in [4.78, 5) is 4.53. The number of aryl methyl sites for hydroxylation is 2. The molecule has 3 aromatic rings. The van der Waals surface area contributed by atoms with Crippen molar-refractivity contribution < 1.29 is 4.74 Å². The number of nitrogens with zero attached hydrogens (tertiary/aromatic N) is 4. The molecule has 0 radical (unpaired) electrons. The van der Waals surface area contributed by atoms with Crippen LogP contribution in [0.25, 0.3) is 5.65 Å². The Morgan fingerprint density at radius 1 is 1.18 bits per heavy atom. The topological polar surface area (TPSA) is 51.2 Å². The third-order valence-corrected chi connectivity index (χ3v) is 3.71. The first-order chi connectivity index (χ1) is 10.6. The number of azo groups is 1. The molecule has 0 saturated carbocycles. The van der Waals surface area contributed by atoms with Gasteiger partial charge in [-0.1, -0.05) is 17.7 Å². The molecule has 0 spiro atoms. The van der Waals surface area contributed by atoms with E-state index in [9.17, 15) is 0 Å². The number of methoxy groups -OCH3 is 1. The van der Waals surface area contributed by atoms with Gasteiger partial charge in [-0.15, -0.1) is 10.2 Å². The van der Waals surface area contributed by atoms with Crippen LogP contribution in [-0.2, 0) is 0 Å². The summed E-state index contributed by atoms with van der Waals surface area (Å²) in [5.74, 6) is 1.38. The van der Waals surface area contributed by atoms with Crippen LogP contribution < -0.4 is 4.74 Å². The maximum Gasteiger partial charge on any atom is 0.182 e. The number of pyridine rings is 1. The van der Waals surface area contributed by atoms with Crippen LogP contribution in [0.15, 0.2) is 46.8 Å². The zero-order chi connectivity index (χ0) is 15.7. The first-order valence-electron chi connectivity index (χ1n) is 6.79. The van der Waals surface area contributed by atoms with Gasteiger partial charge in [0.15, 0.2) is 5.82 Å². The molecule has 0 bridgehead atoms. The first-order valence-corrected chi connectivity index (χ1v) is 7.17. The molecule has 0 saturated heterocycles. The summed E-state index contributed by atoms with van der Waals surface area (Å²) in [6.07, 6.45) is 1.92. The fourth-order valence-electron chi connectivity index (χ4n) is 2.22. The van der Waals surface area contributed by atoms with Crippen molar-refractivity contribution in [3.8, 4) is 5.75 Å². The molecule has 0 aliphatic heterocycles. The van der Waals surface area contributed by atoms with Crippen molar-refractivity contribution in [3.05, 3.63) is 52.8 Å². The lowest BCUT2D eigenvalue weighted by Gasteiger charge is -2.02. The van der Waals surface area contributed by atoms with E-state index in [1.165, 1.54) is 0 Å². The van der Waals surface area contributed by atoms with Crippen molar-refractivity contribution in [3.63, 3.8) is 0 Å². The van der Waals surface area contributed by atoms with Crippen molar-refractivity contribution in [2.75, 3.05) is 7.11 Å². The van der Waals surface area contributed by atoms with Crippen LogP contribution in [0.4, 0.5) is 11.5 Å². The Labute approximate surface area is 133 Å². The van der Waals surface area contributed by atoms with Crippen molar-refractivity contribution in [1.29, 1.82) is 0 Å². The quantitative estimate of drug-likeness (QED) is 0.637. The van der Waals surface area contributed by atoms with Crippen molar-refractivity contribution in [1.82, 2.24) is 9.38 Å². The number of hydrogen-bond donors (Lipinski definition) is 0. The number of ether oxygens (including phenoxy) is 1. The van der Waals surface area contributed by atoms with Crippen LogP contribution >= 0.6 is 11.6 Å². The lowest BCUT2D eigenvalue weighted by atomic mass is 10.3. The third-order valence-electron chi connectivity index (χ3n) is 3.39. The van der Waals surface area contributed by atoms with E-state index in [2.05, 4.69) is 15.2 Å². The predicted octanol–water partition coefficient (Wildman–Crippen LogP) is 5.03. The smallest absolute Gasteiger partial charge is 0.182 e. The summed E-state index contributed by atoms with van der Waals surface area (Å²) in [5.41, 5.74) is 3.34. The van der Waals surface area contributed by atoms with Gasteiger partial charge in [0.05, 0.1) is 17.8 Å². The number of aromatic nitrogens is 2. The van der Waals surface area contributed by atoms with E-state index in [-0.39, 0.29) is 0 Å². The van der Waals surface area contributed by atoms with Crippen LogP contribution in [-0.4, -0.2) is 16.5 Å². The van der Waals surface area contributed by atoms with Gasteiger partial charge in [-0.25, -0.2) is 4.98 Å². The standard InChI is InChI=1S/C16H15ClN4O/c1-10-5-4-8-21-15(10)18-11(2)16(21)20-19-14-9-12(22-3)6-7-13(14)17/h4-9H,1-3H3. The van der Waals surface area contributed by atoms with E-state index >= 15 is 0 Å². The molecule has 0 aliphatic rings. The van der Waals surface area contributed by atoms with Crippen LogP contribution in [0, 0.1) is 13.8 Å². The Kier molecular flexibility index (Phi) is 3.81. The molecule has 22 heavy (non-hydrogen) atoms. The fraction of sp³-hybridized carbons (Fsp3) is 0.188. The zero-order valence-electron chi connectivity index (χ0n) is 12.5. The van der Waals surface area contributed by atoms with Crippen molar-refractivity contribution in [2.24, 2.45) is 10.2 Å². The van der Waals surface area contributed by atoms with Crippen molar-refractivity contribution in [2.45, 2.75) is 13.8 Å². The average Bonchev–Trinajstić information content (AvgIpc) is 2.84. The molecule has 2 heterocycles. The molecule has 112 valence electrons. The Morgan fingerprint density at radius 3 is 2.77 bits per heavy atom. The monoisotopic (exact) mass is 314 g/mol. The highest BCUT2D eigenvalue weighted by atomic mass is 35.5. The van der Waals surface area contributed by atoms with Gasteiger partial charge in [0.1, 0.15) is 17.1 Å². The fourth-order valence-corrected chi connectivity index (χ4v) is 2.38. The summed E-state index contributed by atoms with van der Waals surface area (Å²) >= 11 is 6.14. The van der Waals surface area contributed by atoms with Gasteiger partial charge in [-0.2, -0.15) is 0 Å². The van der Waals surface area contributed by atoms with Gasteiger partial charge in [0.25, 0.3) is 0 Å². The SMILES string of the molecule is COc1ccc(Cl)c(N=Nc2c(C)nc3c(C)cccn23)c1. The second-order valence-electron chi connectivity index (χ2n) is 4.92. The van der Waals surface area contributed by atoms with E-state index in [0.29, 0.717) is 22.3 Å². The molecule has 2 aromatic heterocycles. The highest BCUT2D eigenvalue weighted by Gasteiger charge is 2.10. The molecule has 0 amide bonds. The van der Waals surface area contributed by atoms with E-state index in [4.69, 9.17) is 16.3 Å². The predicted molar refractivity (Wildman–Crippen MR) is 86.8 cm³/mol. The third kappa shape index (κ3) is 2.55. The molecular formula is C16H15ClN4O. The maximum absolute atomic E-state index is 6.14. The minimum atomic E-state index is 0.521. The molecule has 0 aliphatic carbocycles. The van der Waals surface area contributed by atoms with Crippen LogP contribution in [0.1, 0.15) is 11.3 Å². The second-order valence-corrected chi connectivity index (χ2v) is 5.33. The minimum absolute atomic E-state index is 0.521. The summed E-state index contributed by atoms with van der Waals surface area (Å²) < 4.78 is 7.10. The van der Waals surface area contributed by atoms with Crippen LogP contribution in [0.5, 0.6) is 5.75 Å². The minimum Gasteiger partial charge on any atom is -0.497 e. The summed E-state index contributed by atoms with van der Waals surface area (Å²) in [5, 5.41) is 9.10. The zero-order valence-corrected chi connectivity index (χ0v) is 13.3. The van der Waals surface area contributed by atoms with Gasteiger partial charge in [0, 0.05) is 12.3 Å². The molecule has 0 N–H and O–H groups in total. The maximum atomic E-state index is 6.14. The Morgan fingerprint density at radius 2 is 2.00 bits per heavy atom. The Bertz CT molecular complexity index is 870. The molecule has 5 nitrogen and oxygen atoms in total. The summed E-state index contributed by atoms with van der Waals surface area (Å²) in [7, 11) is 1.60. The molecule has 3 rings (SSSR count). The van der Waals surface area contributed by atoms with Crippen molar-refractivity contribution >= 4 is 28.8 Å². The van der Waals surface area contributed by atoms with E-state index in [1.807, 2.05) is 36.6 Å². The van der Waals surface area contributed by atoms with Gasteiger partial charge in [-0.3, -0.25) is 4.40 Å². The van der Waals surface area contributed by atoms with Gasteiger partial charge in [-0.05, 0) is 37.6 Å². The molecule has 0 fully saturated rings. The molecule has 0 atom stereocenters. The number of benzene rings is 1. The summed E-state index contributed by atoms with van der Waals surface area (Å²) in [6.45, 7) is 3.93. The highest BCUT2D eigenvalue weighted by molar-refractivity contribution is 6.33. The van der Waals surface area contributed by atoms with Crippen LogP contribution in [0.2, 0.25) is 5.02 Å². The molecule has 1 aromatic carbocycles.